The van der Waals surface area contributed by atoms with Crippen LogP contribution in [0, 0.1) is 0 Å². The predicted molar refractivity (Wildman–Crippen MR) is 73.5 cm³/mol. The van der Waals surface area contributed by atoms with Crippen molar-refractivity contribution in [2.45, 2.75) is 32.4 Å². The molecule has 0 amide bonds. The number of aromatic nitrogens is 1. The summed E-state index contributed by atoms with van der Waals surface area (Å²) in [5.41, 5.74) is 1.27. The highest BCUT2D eigenvalue weighted by atomic mass is 16.5. The monoisotopic (exact) mass is 254 g/mol. The van der Waals surface area contributed by atoms with E-state index in [4.69, 9.17) is 4.74 Å². The van der Waals surface area contributed by atoms with Gasteiger partial charge in [-0.25, -0.2) is 0 Å². The summed E-state index contributed by atoms with van der Waals surface area (Å²) in [6.45, 7) is 5.35. The number of aliphatic hydroxyl groups is 1. The van der Waals surface area contributed by atoms with E-state index >= 15 is 0 Å². The van der Waals surface area contributed by atoms with E-state index in [2.05, 4.69) is 34.8 Å². The third kappa shape index (κ3) is 5.21. The van der Waals surface area contributed by atoms with Crippen molar-refractivity contribution in [3.8, 4) is 0 Å². The van der Waals surface area contributed by atoms with Crippen molar-refractivity contribution in [2.24, 2.45) is 7.05 Å². The lowest BCUT2D eigenvalue weighted by molar-refractivity contribution is 0.0957. The van der Waals surface area contributed by atoms with Crippen LogP contribution in [-0.2, 0) is 18.3 Å². The summed E-state index contributed by atoms with van der Waals surface area (Å²) in [4.78, 5) is 2.29. The van der Waals surface area contributed by atoms with E-state index in [1.165, 1.54) is 5.69 Å². The molecule has 4 nitrogen and oxygen atoms in total. The van der Waals surface area contributed by atoms with E-state index in [1.807, 2.05) is 6.92 Å². The molecule has 0 aliphatic rings. The Morgan fingerprint density at radius 3 is 2.83 bits per heavy atom. The molecule has 0 aliphatic carbocycles. The predicted octanol–water partition coefficient (Wildman–Crippen LogP) is 1.63. The Balaban J connectivity index is 2.50. The van der Waals surface area contributed by atoms with Crippen molar-refractivity contribution < 1.29 is 9.84 Å². The summed E-state index contributed by atoms with van der Waals surface area (Å²) >= 11 is 0. The Morgan fingerprint density at radius 1 is 1.50 bits per heavy atom. The van der Waals surface area contributed by atoms with Crippen molar-refractivity contribution >= 4 is 0 Å². The van der Waals surface area contributed by atoms with E-state index in [-0.39, 0.29) is 6.10 Å². The molecule has 0 saturated heterocycles. The quantitative estimate of drug-likeness (QED) is 0.681. The van der Waals surface area contributed by atoms with Gasteiger partial charge in [-0.05, 0) is 25.0 Å². The molecule has 4 heteroatoms. The average molecular weight is 254 g/mol. The summed E-state index contributed by atoms with van der Waals surface area (Å²) in [6, 6.07) is 4.18. The highest BCUT2D eigenvalue weighted by Gasteiger charge is 2.11. The Labute approximate surface area is 110 Å². The van der Waals surface area contributed by atoms with Gasteiger partial charge in [0.05, 0.1) is 6.10 Å². The van der Waals surface area contributed by atoms with Gasteiger partial charge in [-0.3, -0.25) is 4.90 Å². The normalized spacial score (nSPS) is 13.2. The third-order valence-corrected chi connectivity index (χ3v) is 3.20. The molecule has 0 bridgehead atoms. The molecule has 0 aliphatic heterocycles. The Morgan fingerprint density at radius 2 is 2.28 bits per heavy atom. The van der Waals surface area contributed by atoms with E-state index < -0.39 is 0 Å². The number of nitrogens with zero attached hydrogens (tertiary/aromatic N) is 2. The highest BCUT2D eigenvalue weighted by molar-refractivity contribution is 5.06. The first kappa shape index (κ1) is 15.2. The van der Waals surface area contributed by atoms with Crippen LogP contribution in [0.15, 0.2) is 18.3 Å². The number of rotatable bonds is 9. The van der Waals surface area contributed by atoms with E-state index in [9.17, 15) is 5.11 Å². The number of methoxy groups -OCH3 is 1. The summed E-state index contributed by atoms with van der Waals surface area (Å²) in [6.07, 6.45) is 3.61. The molecule has 18 heavy (non-hydrogen) atoms. The van der Waals surface area contributed by atoms with Crippen LogP contribution in [0.25, 0.3) is 0 Å². The minimum absolute atomic E-state index is 0.243. The molecule has 1 rings (SSSR count). The fourth-order valence-electron chi connectivity index (χ4n) is 1.98. The zero-order valence-electron chi connectivity index (χ0n) is 11.8. The first-order valence-electron chi connectivity index (χ1n) is 6.67. The van der Waals surface area contributed by atoms with Crippen LogP contribution >= 0.6 is 0 Å². The first-order valence-corrected chi connectivity index (χ1v) is 6.67. The summed E-state index contributed by atoms with van der Waals surface area (Å²) in [5.74, 6) is 0. The van der Waals surface area contributed by atoms with Crippen LogP contribution in [0.3, 0.4) is 0 Å². The Kier molecular flexibility index (Phi) is 7.01. The molecule has 0 aromatic carbocycles. The van der Waals surface area contributed by atoms with Crippen molar-refractivity contribution in [1.82, 2.24) is 9.47 Å². The van der Waals surface area contributed by atoms with Crippen molar-refractivity contribution in [3.05, 3.63) is 24.0 Å². The van der Waals surface area contributed by atoms with Gasteiger partial charge in [0.15, 0.2) is 0 Å². The number of hydrogen-bond acceptors (Lipinski definition) is 3. The molecule has 1 heterocycles. The average Bonchev–Trinajstić information content (AvgIpc) is 2.75. The van der Waals surface area contributed by atoms with Crippen LogP contribution in [0.5, 0.6) is 0 Å². The third-order valence-electron chi connectivity index (χ3n) is 3.20. The lowest BCUT2D eigenvalue weighted by Crippen LogP contribution is -2.33. The second kappa shape index (κ2) is 8.29. The number of aliphatic hydroxyl groups excluding tert-OH is 1. The van der Waals surface area contributed by atoms with Crippen LogP contribution in [-0.4, -0.2) is 47.5 Å². The van der Waals surface area contributed by atoms with Gasteiger partial charge < -0.3 is 14.4 Å². The molecule has 1 unspecified atom stereocenters. The van der Waals surface area contributed by atoms with Crippen LogP contribution in [0.2, 0.25) is 0 Å². The van der Waals surface area contributed by atoms with Crippen molar-refractivity contribution in [3.63, 3.8) is 0 Å². The second-order valence-corrected chi connectivity index (χ2v) is 4.75. The van der Waals surface area contributed by atoms with E-state index in [0.29, 0.717) is 0 Å². The molecule has 0 saturated carbocycles. The van der Waals surface area contributed by atoms with Crippen molar-refractivity contribution in [2.75, 3.05) is 26.8 Å². The summed E-state index contributed by atoms with van der Waals surface area (Å²) in [7, 11) is 3.78. The molecule has 0 spiro atoms. The zero-order valence-corrected chi connectivity index (χ0v) is 11.8. The molecular weight excluding hydrogens is 228 g/mol. The lowest BCUT2D eigenvalue weighted by atomic mass is 10.2. The Bertz CT molecular complexity index is 325. The summed E-state index contributed by atoms with van der Waals surface area (Å²) in [5, 5.41) is 9.80. The molecule has 104 valence electrons. The van der Waals surface area contributed by atoms with Gasteiger partial charge in [0.2, 0.25) is 0 Å². The largest absolute Gasteiger partial charge is 0.392 e. The molecule has 1 N–H and O–H groups in total. The molecular formula is C14H26N2O2. The van der Waals surface area contributed by atoms with Gasteiger partial charge >= 0.3 is 0 Å². The number of aryl methyl sites for hydroxylation is 1. The van der Waals surface area contributed by atoms with Gasteiger partial charge in [0.25, 0.3) is 0 Å². The molecule has 0 fully saturated rings. The van der Waals surface area contributed by atoms with Gasteiger partial charge in [-0.2, -0.15) is 0 Å². The number of ether oxygens (including phenoxy) is 1. The SMILES string of the molecule is CCC(O)CN(CCCOC)Cc1cccn1C. The first-order chi connectivity index (χ1) is 8.67. The minimum Gasteiger partial charge on any atom is -0.392 e. The van der Waals surface area contributed by atoms with Crippen LogP contribution in [0.4, 0.5) is 0 Å². The van der Waals surface area contributed by atoms with Gasteiger partial charge in [0.1, 0.15) is 0 Å². The number of hydrogen-bond donors (Lipinski definition) is 1. The Hall–Kier alpha value is -0.840. The minimum atomic E-state index is -0.243. The van der Waals surface area contributed by atoms with Crippen molar-refractivity contribution in [1.29, 1.82) is 0 Å². The highest BCUT2D eigenvalue weighted by Crippen LogP contribution is 2.07. The molecule has 0 radical (unpaired) electrons. The zero-order chi connectivity index (χ0) is 13.4. The van der Waals surface area contributed by atoms with E-state index in [1.54, 1.807) is 7.11 Å². The fraction of sp³-hybridized carbons (Fsp3) is 0.714. The lowest BCUT2D eigenvalue weighted by Gasteiger charge is -2.24. The smallest absolute Gasteiger partial charge is 0.0664 e. The van der Waals surface area contributed by atoms with E-state index in [0.717, 1.165) is 39.1 Å². The van der Waals surface area contributed by atoms with Gasteiger partial charge in [0, 0.05) is 52.3 Å². The molecule has 1 aromatic heterocycles. The van der Waals surface area contributed by atoms with Gasteiger partial charge in [-0.15, -0.1) is 0 Å². The maximum atomic E-state index is 9.80. The molecule has 1 aromatic rings. The van der Waals surface area contributed by atoms with Crippen LogP contribution < -0.4 is 0 Å². The summed E-state index contributed by atoms with van der Waals surface area (Å²) < 4.78 is 7.21. The second-order valence-electron chi connectivity index (χ2n) is 4.75. The van der Waals surface area contributed by atoms with Crippen LogP contribution in [0.1, 0.15) is 25.5 Å². The standard InChI is InChI=1S/C14H26N2O2/c1-4-14(17)12-16(9-6-10-18-3)11-13-7-5-8-15(13)2/h5,7-8,14,17H,4,6,9-12H2,1-3H3. The maximum absolute atomic E-state index is 9.80. The maximum Gasteiger partial charge on any atom is 0.0664 e. The van der Waals surface area contributed by atoms with Gasteiger partial charge in [-0.1, -0.05) is 6.92 Å². The molecule has 1 atom stereocenters. The fourth-order valence-corrected chi connectivity index (χ4v) is 1.98. The topological polar surface area (TPSA) is 37.6 Å².